The second kappa shape index (κ2) is 7.91. The monoisotopic (exact) mass is 412 g/mol. The number of amides is 1. The van der Waals surface area contributed by atoms with Crippen molar-refractivity contribution in [3.8, 4) is 0 Å². The third-order valence-electron chi connectivity index (χ3n) is 7.40. The number of fused-ring (bicyclic) bond motifs is 1. The summed E-state index contributed by atoms with van der Waals surface area (Å²) in [5, 5.41) is 8.98. The molecule has 1 amide bonds. The summed E-state index contributed by atoms with van der Waals surface area (Å²) in [5.41, 5.74) is 0. The van der Waals surface area contributed by atoms with Crippen molar-refractivity contribution in [3.05, 3.63) is 17.6 Å². The molecule has 4 rings (SSSR count). The lowest BCUT2D eigenvalue weighted by atomic mass is 9.76. The molecule has 3 heterocycles. The summed E-state index contributed by atoms with van der Waals surface area (Å²) in [6.07, 6.45) is 3.56. The minimum Gasteiger partial charge on any atom is -0.338 e. The van der Waals surface area contributed by atoms with Gasteiger partial charge in [-0.15, -0.1) is 5.01 Å². The highest BCUT2D eigenvalue weighted by atomic mass is 19.3. The molecule has 2 N–H and O–H groups in total. The van der Waals surface area contributed by atoms with Gasteiger partial charge >= 0.3 is 0 Å². The molecule has 3 aliphatic heterocycles. The van der Waals surface area contributed by atoms with Gasteiger partial charge in [-0.25, -0.2) is 8.78 Å². The SMILES string of the molecule is C=CC(=O)N1CCC2C(C1)NC(C1CCC(F)(F)CC1)NC2C1CCN(C)[N+]1=O. The molecule has 0 bridgehead atoms. The molecular weight excluding hydrogens is 380 g/mol. The summed E-state index contributed by atoms with van der Waals surface area (Å²) in [6, 6.07) is -0.133. The molecule has 5 unspecified atom stereocenters. The van der Waals surface area contributed by atoms with Crippen LogP contribution in [-0.2, 0) is 4.79 Å². The molecule has 4 fully saturated rings. The Bertz CT molecular complexity index is 665. The first kappa shape index (κ1) is 20.7. The minimum absolute atomic E-state index is 0.0166. The number of rotatable bonds is 3. The number of nitrogens with zero attached hydrogens (tertiary/aromatic N) is 3. The molecule has 29 heavy (non-hydrogen) atoms. The Hall–Kier alpha value is -1.61. The third kappa shape index (κ3) is 4.03. The van der Waals surface area contributed by atoms with Crippen LogP contribution < -0.4 is 10.6 Å². The third-order valence-corrected chi connectivity index (χ3v) is 7.40. The van der Waals surface area contributed by atoms with Crippen molar-refractivity contribution in [1.29, 1.82) is 0 Å². The number of nitrogens with one attached hydrogen (secondary N) is 2. The molecule has 0 radical (unpaired) electrons. The zero-order valence-electron chi connectivity index (χ0n) is 17.0. The maximum atomic E-state index is 13.7. The van der Waals surface area contributed by atoms with Crippen LogP contribution in [0.1, 0.15) is 38.5 Å². The van der Waals surface area contributed by atoms with E-state index in [-0.39, 0.29) is 54.9 Å². The number of piperidine rings is 1. The van der Waals surface area contributed by atoms with Gasteiger partial charge in [0.05, 0.1) is 30.7 Å². The Morgan fingerprint density at radius 3 is 2.52 bits per heavy atom. The van der Waals surface area contributed by atoms with E-state index in [1.54, 1.807) is 17.0 Å². The highest BCUT2D eigenvalue weighted by molar-refractivity contribution is 5.87. The van der Waals surface area contributed by atoms with Crippen molar-refractivity contribution >= 4 is 5.91 Å². The predicted molar refractivity (Wildman–Crippen MR) is 104 cm³/mol. The first-order valence-corrected chi connectivity index (χ1v) is 10.8. The van der Waals surface area contributed by atoms with E-state index >= 15 is 0 Å². The van der Waals surface area contributed by atoms with Gasteiger partial charge in [0, 0.05) is 38.4 Å². The summed E-state index contributed by atoms with van der Waals surface area (Å²) < 4.78 is 27.3. The lowest BCUT2D eigenvalue weighted by Crippen LogP contribution is -2.72. The van der Waals surface area contributed by atoms with E-state index in [9.17, 15) is 18.5 Å². The average molecular weight is 413 g/mol. The molecule has 9 heteroatoms. The molecule has 0 aromatic rings. The number of alkyl halides is 2. The second-order valence-electron chi connectivity index (χ2n) is 9.12. The van der Waals surface area contributed by atoms with E-state index in [0.29, 0.717) is 25.9 Å². The van der Waals surface area contributed by atoms with Crippen molar-refractivity contribution in [2.75, 3.05) is 26.7 Å². The van der Waals surface area contributed by atoms with Crippen LogP contribution in [0, 0.1) is 16.7 Å². The van der Waals surface area contributed by atoms with Gasteiger partial charge in [-0.3, -0.25) is 15.4 Å². The summed E-state index contributed by atoms with van der Waals surface area (Å²) in [5.74, 6) is -2.33. The van der Waals surface area contributed by atoms with Gasteiger partial charge < -0.3 is 4.90 Å². The highest BCUT2D eigenvalue weighted by Crippen LogP contribution is 2.39. The lowest BCUT2D eigenvalue weighted by Gasteiger charge is -2.50. The number of hydrogen-bond acceptors (Lipinski definition) is 4. The number of halogens is 2. The fraction of sp³-hybridized carbons (Fsp3) is 0.850. The smallest absolute Gasteiger partial charge is 0.251 e. The molecule has 0 spiro atoms. The van der Waals surface area contributed by atoms with Crippen LogP contribution in [0.4, 0.5) is 8.78 Å². The van der Waals surface area contributed by atoms with Gasteiger partial charge in [0.15, 0.2) is 0 Å². The average Bonchev–Trinajstić information content (AvgIpc) is 3.04. The van der Waals surface area contributed by atoms with Gasteiger partial charge in [-0.05, 0) is 37.2 Å². The maximum absolute atomic E-state index is 13.7. The van der Waals surface area contributed by atoms with Crippen LogP contribution >= 0.6 is 0 Å². The Kier molecular flexibility index (Phi) is 5.63. The van der Waals surface area contributed by atoms with Crippen molar-refractivity contribution in [1.82, 2.24) is 20.5 Å². The molecular formula is C20H32F2N5O2+. The zero-order valence-corrected chi connectivity index (χ0v) is 17.0. The normalized spacial score (nSPS) is 38.0. The molecule has 7 nitrogen and oxygen atoms in total. The molecule has 0 aromatic carbocycles. The van der Waals surface area contributed by atoms with Crippen LogP contribution in [0.3, 0.4) is 0 Å². The predicted octanol–water partition coefficient (Wildman–Crippen LogP) is 1.50. The van der Waals surface area contributed by atoms with Crippen LogP contribution in [-0.4, -0.2) is 77.6 Å². The number of likely N-dealkylation sites (tertiary alicyclic amines) is 1. The van der Waals surface area contributed by atoms with Crippen LogP contribution in [0.2, 0.25) is 0 Å². The first-order chi connectivity index (χ1) is 13.8. The Morgan fingerprint density at radius 2 is 1.90 bits per heavy atom. The summed E-state index contributed by atoms with van der Waals surface area (Å²) >= 11 is 0. The maximum Gasteiger partial charge on any atom is 0.251 e. The van der Waals surface area contributed by atoms with E-state index in [0.717, 1.165) is 24.3 Å². The number of nitroso groups, excluding NO2 is 1. The van der Waals surface area contributed by atoms with Crippen LogP contribution in [0.15, 0.2) is 12.7 Å². The van der Waals surface area contributed by atoms with Gasteiger partial charge in [0.1, 0.15) is 4.87 Å². The van der Waals surface area contributed by atoms with Crippen LogP contribution in [0.5, 0.6) is 0 Å². The largest absolute Gasteiger partial charge is 0.338 e. The first-order valence-electron chi connectivity index (χ1n) is 10.8. The molecule has 3 saturated heterocycles. The number of hydrazine groups is 1. The number of hydrogen-bond donors (Lipinski definition) is 2. The van der Waals surface area contributed by atoms with Crippen molar-refractivity contribution in [2.24, 2.45) is 11.8 Å². The fourth-order valence-electron chi connectivity index (χ4n) is 5.68. The van der Waals surface area contributed by atoms with Crippen LogP contribution in [0.25, 0.3) is 0 Å². The molecule has 1 saturated carbocycles. The van der Waals surface area contributed by atoms with Gasteiger partial charge in [-0.2, -0.15) is 0 Å². The molecule has 0 aromatic heterocycles. The Balaban J connectivity index is 1.53. The summed E-state index contributed by atoms with van der Waals surface area (Å²) in [6.45, 7) is 5.52. The molecule has 162 valence electrons. The van der Waals surface area contributed by atoms with E-state index in [2.05, 4.69) is 17.2 Å². The topological polar surface area (TPSA) is 67.7 Å². The Morgan fingerprint density at radius 1 is 1.17 bits per heavy atom. The molecule has 4 aliphatic rings. The highest BCUT2D eigenvalue weighted by Gasteiger charge is 2.53. The van der Waals surface area contributed by atoms with Crippen molar-refractivity contribution in [3.63, 3.8) is 0 Å². The van der Waals surface area contributed by atoms with E-state index < -0.39 is 5.92 Å². The van der Waals surface area contributed by atoms with Gasteiger partial charge in [-0.1, -0.05) is 6.58 Å². The summed E-state index contributed by atoms with van der Waals surface area (Å²) in [4.78, 5) is 27.7. The van der Waals surface area contributed by atoms with Crippen molar-refractivity contribution < 1.29 is 18.4 Å². The van der Waals surface area contributed by atoms with Gasteiger partial charge in [0.2, 0.25) is 11.8 Å². The standard InChI is InChI=1S/C20H32F2N5O2/c1-3-17(28)26-11-6-14-15(12-26)23-19(13-4-8-20(21,22)9-5-13)24-18(14)16-7-10-25(2)27(16)29/h3,13-16,18-19,23-24H,1,4-12H2,2H3/q+1. The van der Waals surface area contributed by atoms with Crippen molar-refractivity contribution in [2.45, 2.75) is 68.7 Å². The Labute approximate surface area is 170 Å². The fourth-order valence-corrected chi connectivity index (χ4v) is 5.68. The van der Waals surface area contributed by atoms with E-state index in [4.69, 9.17) is 0 Å². The van der Waals surface area contributed by atoms with Gasteiger partial charge in [0.25, 0.3) is 6.04 Å². The summed E-state index contributed by atoms with van der Waals surface area (Å²) in [7, 11) is 1.80. The van der Waals surface area contributed by atoms with E-state index in [1.165, 1.54) is 6.08 Å². The molecule has 1 aliphatic carbocycles. The zero-order chi connectivity index (χ0) is 20.8. The second-order valence-corrected chi connectivity index (χ2v) is 9.12. The quantitative estimate of drug-likeness (QED) is 0.543. The number of carbonyl (C=O) groups is 1. The lowest BCUT2D eigenvalue weighted by molar-refractivity contribution is -0.709. The molecule has 5 atom stereocenters. The number of carbonyl (C=O) groups excluding carboxylic acids is 1. The minimum atomic E-state index is -2.56. The van der Waals surface area contributed by atoms with E-state index in [1.807, 2.05) is 0 Å².